The summed E-state index contributed by atoms with van der Waals surface area (Å²) in [6.07, 6.45) is 0.171. The van der Waals surface area contributed by atoms with Crippen LogP contribution in [-0.4, -0.2) is 52.3 Å². The number of rotatable bonds is 6. The van der Waals surface area contributed by atoms with Crippen molar-refractivity contribution in [3.8, 4) is 5.75 Å². The van der Waals surface area contributed by atoms with Crippen molar-refractivity contribution in [2.45, 2.75) is 26.4 Å². The summed E-state index contributed by atoms with van der Waals surface area (Å²) >= 11 is 1.40. The second-order valence-corrected chi connectivity index (χ2v) is 8.45. The fourth-order valence-electron chi connectivity index (χ4n) is 3.40. The van der Waals surface area contributed by atoms with Gasteiger partial charge in [0.2, 0.25) is 0 Å². The van der Waals surface area contributed by atoms with Crippen LogP contribution < -0.4 is 4.74 Å². The van der Waals surface area contributed by atoms with Crippen LogP contribution in [0.2, 0.25) is 0 Å². The summed E-state index contributed by atoms with van der Waals surface area (Å²) in [5.74, 6) is -1.63. The summed E-state index contributed by atoms with van der Waals surface area (Å²) in [4.78, 5) is 19.7. The molecule has 31 heavy (non-hydrogen) atoms. The van der Waals surface area contributed by atoms with E-state index in [9.17, 15) is 13.6 Å². The number of nitrogens with zero attached hydrogens (tertiary/aromatic N) is 3. The highest BCUT2D eigenvalue weighted by Gasteiger charge is 2.29. The Morgan fingerprint density at radius 1 is 1.32 bits per heavy atom. The highest BCUT2D eigenvalue weighted by Crippen LogP contribution is 2.25. The Kier molecular flexibility index (Phi) is 6.28. The van der Waals surface area contributed by atoms with Gasteiger partial charge in [0.05, 0.1) is 36.2 Å². The van der Waals surface area contributed by atoms with Gasteiger partial charge in [0.15, 0.2) is 11.6 Å². The van der Waals surface area contributed by atoms with Gasteiger partial charge in [-0.1, -0.05) is 0 Å². The lowest BCUT2D eigenvalue weighted by Crippen LogP contribution is -2.42. The molecule has 1 aliphatic heterocycles. The second kappa shape index (κ2) is 9.11. The van der Waals surface area contributed by atoms with E-state index in [0.717, 1.165) is 28.5 Å². The van der Waals surface area contributed by atoms with E-state index in [1.165, 1.54) is 17.4 Å². The van der Waals surface area contributed by atoms with E-state index in [1.54, 1.807) is 4.90 Å². The van der Waals surface area contributed by atoms with Crippen molar-refractivity contribution < 1.29 is 23.0 Å². The van der Waals surface area contributed by atoms with Crippen molar-refractivity contribution in [2.24, 2.45) is 0 Å². The van der Waals surface area contributed by atoms with E-state index in [1.807, 2.05) is 19.9 Å². The highest BCUT2D eigenvalue weighted by atomic mass is 32.1. The quantitative estimate of drug-likeness (QED) is 0.623. The van der Waals surface area contributed by atoms with Crippen LogP contribution in [0.1, 0.15) is 37.9 Å². The average Bonchev–Trinajstić information content (AvgIpc) is 3.36. The number of hydrogen-bond donors (Lipinski definition) is 1. The first-order valence-electron chi connectivity index (χ1n) is 9.87. The molecule has 3 aromatic rings. The van der Waals surface area contributed by atoms with Crippen molar-refractivity contribution >= 4 is 17.2 Å². The number of aromatic nitrogens is 3. The van der Waals surface area contributed by atoms with Gasteiger partial charge in [-0.25, -0.2) is 13.8 Å². The number of halogens is 2. The van der Waals surface area contributed by atoms with Crippen LogP contribution in [0.15, 0.2) is 24.3 Å². The van der Waals surface area contributed by atoms with Gasteiger partial charge in [0.25, 0.3) is 5.91 Å². The Labute approximate surface area is 182 Å². The van der Waals surface area contributed by atoms with Gasteiger partial charge in [0.1, 0.15) is 16.7 Å². The van der Waals surface area contributed by atoms with Crippen molar-refractivity contribution in [1.29, 1.82) is 0 Å². The molecule has 1 aliphatic rings. The predicted octanol–water partition coefficient (Wildman–Crippen LogP) is 3.60. The number of nitrogens with one attached hydrogen (secondary N) is 1. The van der Waals surface area contributed by atoms with Gasteiger partial charge < -0.3 is 14.4 Å². The van der Waals surface area contributed by atoms with E-state index in [2.05, 4.69) is 15.2 Å². The molecule has 4 rings (SSSR count). The molecule has 0 aliphatic carbocycles. The Balaban J connectivity index is 1.34. The van der Waals surface area contributed by atoms with Crippen LogP contribution >= 0.6 is 11.3 Å². The number of hydrogen-bond acceptors (Lipinski definition) is 6. The summed E-state index contributed by atoms with van der Waals surface area (Å²) in [6.45, 7) is 5.35. The van der Waals surface area contributed by atoms with Crippen LogP contribution in [0.4, 0.5) is 8.78 Å². The molecule has 0 spiro atoms. The number of aromatic amines is 1. The monoisotopic (exact) mass is 448 g/mol. The highest BCUT2D eigenvalue weighted by molar-refractivity contribution is 7.13. The van der Waals surface area contributed by atoms with E-state index in [0.29, 0.717) is 36.7 Å². The molecule has 1 aromatic carbocycles. The van der Waals surface area contributed by atoms with Crippen molar-refractivity contribution in [3.05, 3.63) is 62.9 Å². The van der Waals surface area contributed by atoms with Gasteiger partial charge in [-0.15, -0.1) is 11.3 Å². The van der Waals surface area contributed by atoms with E-state index >= 15 is 0 Å². The molecular weight excluding hydrogens is 426 g/mol. The molecule has 1 fully saturated rings. The minimum atomic E-state index is -0.946. The third-order valence-electron chi connectivity index (χ3n) is 4.96. The maximum Gasteiger partial charge on any atom is 0.266 e. The van der Waals surface area contributed by atoms with E-state index in [-0.39, 0.29) is 24.4 Å². The molecule has 3 heterocycles. The number of aryl methyl sites for hydroxylation is 2. The van der Waals surface area contributed by atoms with Crippen molar-refractivity contribution in [3.63, 3.8) is 0 Å². The molecule has 164 valence electrons. The van der Waals surface area contributed by atoms with Gasteiger partial charge in [-0.05, 0) is 32.0 Å². The third-order valence-corrected chi connectivity index (χ3v) is 6.02. The number of thiazole rings is 1. The number of morpholine rings is 1. The normalized spacial score (nSPS) is 16.5. The Hall–Kier alpha value is -2.85. The molecule has 2 aromatic heterocycles. The average molecular weight is 448 g/mol. The molecule has 7 nitrogen and oxygen atoms in total. The predicted molar refractivity (Wildman–Crippen MR) is 110 cm³/mol. The van der Waals surface area contributed by atoms with Gasteiger partial charge in [0, 0.05) is 24.7 Å². The summed E-state index contributed by atoms with van der Waals surface area (Å²) < 4.78 is 37.5. The first kappa shape index (κ1) is 21.4. The number of carbonyl (C=O) groups excluding carboxylic acids is 1. The number of benzene rings is 1. The third kappa shape index (κ3) is 4.91. The van der Waals surface area contributed by atoms with Crippen LogP contribution in [-0.2, 0) is 11.2 Å². The minimum absolute atomic E-state index is 0.0351. The molecule has 0 radical (unpaired) electrons. The first-order valence-corrected chi connectivity index (χ1v) is 10.7. The lowest BCUT2D eigenvalue weighted by molar-refractivity contribution is -0.0246. The zero-order valence-corrected chi connectivity index (χ0v) is 18.0. The van der Waals surface area contributed by atoms with Crippen molar-refractivity contribution in [2.75, 3.05) is 26.3 Å². The van der Waals surface area contributed by atoms with Gasteiger partial charge >= 0.3 is 0 Å². The number of ether oxygens (including phenoxy) is 2. The zero-order valence-electron chi connectivity index (χ0n) is 17.2. The number of H-pyrrole nitrogens is 1. The summed E-state index contributed by atoms with van der Waals surface area (Å²) in [5, 5.41) is 8.13. The Morgan fingerprint density at radius 2 is 2.16 bits per heavy atom. The van der Waals surface area contributed by atoms with Crippen molar-refractivity contribution in [1.82, 2.24) is 20.1 Å². The lowest BCUT2D eigenvalue weighted by atomic mass is 10.1. The van der Waals surface area contributed by atoms with E-state index in [4.69, 9.17) is 9.47 Å². The van der Waals surface area contributed by atoms with Crippen LogP contribution in [0.5, 0.6) is 5.75 Å². The molecular formula is C21H22F2N4O3S. The lowest BCUT2D eigenvalue weighted by Gasteiger charge is -2.32. The van der Waals surface area contributed by atoms with Gasteiger partial charge in [-0.2, -0.15) is 5.10 Å². The minimum Gasteiger partial charge on any atom is -0.493 e. The SMILES string of the molecule is Cc1nc(C)c(C(=O)N2CCO[C@@H](c3cc(CCOc4ccc(F)c(F)c4)[nH]n3)C2)s1. The molecule has 0 bridgehead atoms. The molecule has 10 heteroatoms. The summed E-state index contributed by atoms with van der Waals surface area (Å²) in [7, 11) is 0. The first-order chi connectivity index (χ1) is 14.9. The number of amides is 1. The fourth-order valence-corrected chi connectivity index (χ4v) is 4.29. The molecule has 1 amide bonds. The molecule has 0 saturated carbocycles. The fraction of sp³-hybridized carbons (Fsp3) is 0.381. The maximum atomic E-state index is 13.2. The Bertz CT molecular complexity index is 1080. The molecule has 1 N–H and O–H groups in total. The second-order valence-electron chi connectivity index (χ2n) is 7.25. The molecule has 0 unspecified atom stereocenters. The largest absolute Gasteiger partial charge is 0.493 e. The molecule has 1 atom stereocenters. The standard InChI is InChI=1S/C21H22F2N4O3S/c1-12-20(31-13(2)24-12)21(28)27-6-8-30-19(11-27)18-9-14(25-26-18)5-7-29-15-3-4-16(22)17(23)10-15/h3-4,9-10,19H,5-8,11H2,1-2H3,(H,25,26)/t19-/m1/s1. The number of carbonyl (C=O) groups is 1. The summed E-state index contributed by atoms with van der Waals surface area (Å²) in [6, 6.07) is 5.29. The van der Waals surface area contributed by atoms with Crippen LogP contribution in [0.3, 0.4) is 0 Å². The Morgan fingerprint density at radius 3 is 2.90 bits per heavy atom. The van der Waals surface area contributed by atoms with E-state index < -0.39 is 11.6 Å². The molecule has 1 saturated heterocycles. The van der Waals surface area contributed by atoms with Crippen LogP contribution in [0.25, 0.3) is 0 Å². The zero-order chi connectivity index (χ0) is 22.0. The maximum absolute atomic E-state index is 13.2. The smallest absolute Gasteiger partial charge is 0.266 e. The van der Waals surface area contributed by atoms with Crippen LogP contribution in [0, 0.1) is 25.5 Å². The topological polar surface area (TPSA) is 80.3 Å². The summed E-state index contributed by atoms with van der Waals surface area (Å²) in [5.41, 5.74) is 2.27. The van der Waals surface area contributed by atoms with Gasteiger partial charge in [-0.3, -0.25) is 9.89 Å².